The van der Waals surface area contributed by atoms with Crippen molar-refractivity contribution in [2.24, 2.45) is 0 Å². The third kappa shape index (κ3) is 1.28. The number of aromatic nitrogens is 1. The molecule has 1 heterocycles. The molecule has 0 aliphatic carbocycles. The Bertz CT molecular complexity index is 162. The van der Waals surface area contributed by atoms with Crippen LogP contribution in [0.25, 0.3) is 0 Å². The van der Waals surface area contributed by atoms with Crippen LogP contribution in [0.1, 0.15) is 25.4 Å². The van der Waals surface area contributed by atoms with Gasteiger partial charge in [0.2, 0.25) is 5.89 Å². The number of halogens is 1. The minimum absolute atomic E-state index is 0.178. The van der Waals surface area contributed by atoms with E-state index in [1.165, 1.54) is 12.5 Å². The van der Waals surface area contributed by atoms with E-state index in [1.807, 2.05) is 0 Å². The van der Waals surface area contributed by atoms with Crippen LogP contribution in [-0.2, 0) is 0 Å². The van der Waals surface area contributed by atoms with Crippen molar-refractivity contribution in [2.45, 2.75) is 19.5 Å². The fraction of sp³-hybridized carbons (Fsp3) is 0.500. The maximum absolute atomic E-state index is 12.5. The molecule has 0 aromatic carbocycles. The van der Waals surface area contributed by atoms with E-state index in [2.05, 4.69) is 4.98 Å². The lowest BCUT2D eigenvalue weighted by molar-refractivity contribution is 0.269. The maximum Gasteiger partial charge on any atom is 0.228 e. The number of hydrogen-bond donors (Lipinski definition) is 0. The normalized spacial score (nSPS) is 13.6. The number of nitrogens with zero attached hydrogens (tertiary/aromatic N) is 1. The molecule has 0 spiro atoms. The van der Waals surface area contributed by atoms with Gasteiger partial charge in [-0.05, 0) is 6.42 Å². The summed E-state index contributed by atoms with van der Waals surface area (Å²) in [5.74, 6) is 0.178. The van der Waals surface area contributed by atoms with Crippen LogP contribution in [0, 0.1) is 0 Å². The standard InChI is InChI=1S/C6H8FNO/c1-2-5(7)6-8-3-4-9-6/h3-5H,2H2,1H3. The van der Waals surface area contributed by atoms with E-state index in [-0.39, 0.29) is 5.89 Å². The lowest BCUT2D eigenvalue weighted by Crippen LogP contribution is -1.87. The molecule has 3 heteroatoms. The second kappa shape index (κ2) is 2.62. The number of alkyl halides is 1. The summed E-state index contributed by atoms with van der Waals surface area (Å²) < 4.78 is 17.2. The molecule has 0 amide bonds. The van der Waals surface area contributed by atoms with E-state index in [0.29, 0.717) is 6.42 Å². The molecule has 0 N–H and O–H groups in total. The van der Waals surface area contributed by atoms with Crippen molar-refractivity contribution in [3.63, 3.8) is 0 Å². The van der Waals surface area contributed by atoms with Gasteiger partial charge in [0.25, 0.3) is 0 Å². The maximum atomic E-state index is 12.5. The molecule has 1 unspecified atom stereocenters. The van der Waals surface area contributed by atoms with Gasteiger partial charge in [0, 0.05) is 0 Å². The highest BCUT2D eigenvalue weighted by Gasteiger charge is 2.09. The zero-order chi connectivity index (χ0) is 6.69. The van der Waals surface area contributed by atoms with Crippen LogP contribution in [0.3, 0.4) is 0 Å². The van der Waals surface area contributed by atoms with Gasteiger partial charge in [-0.3, -0.25) is 0 Å². The second-order valence-electron chi connectivity index (χ2n) is 1.75. The van der Waals surface area contributed by atoms with Gasteiger partial charge in [0.05, 0.1) is 6.20 Å². The zero-order valence-electron chi connectivity index (χ0n) is 5.17. The molecule has 1 aromatic heterocycles. The molecular formula is C6H8FNO. The molecule has 1 rings (SSSR count). The summed E-state index contributed by atoms with van der Waals surface area (Å²) in [7, 11) is 0. The predicted octanol–water partition coefficient (Wildman–Crippen LogP) is 2.10. The van der Waals surface area contributed by atoms with Crippen LogP contribution < -0.4 is 0 Å². The average molecular weight is 129 g/mol. The predicted molar refractivity (Wildman–Crippen MR) is 30.6 cm³/mol. The first-order valence-electron chi connectivity index (χ1n) is 2.88. The van der Waals surface area contributed by atoms with E-state index >= 15 is 0 Å². The zero-order valence-corrected chi connectivity index (χ0v) is 5.17. The highest BCUT2D eigenvalue weighted by Crippen LogP contribution is 2.17. The molecule has 1 atom stereocenters. The van der Waals surface area contributed by atoms with Crippen molar-refractivity contribution >= 4 is 0 Å². The van der Waals surface area contributed by atoms with Crippen molar-refractivity contribution in [1.82, 2.24) is 4.98 Å². The van der Waals surface area contributed by atoms with E-state index < -0.39 is 6.17 Å². The van der Waals surface area contributed by atoms with Crippen LogP contribution in [0.4, 0.5) is 4.39 Å². The first-order chi connectivity index (χ1) is 4.34. The SMILES string of the molecule is CCC(F)c1ncco1. The molecule has 2 nitrogen and oxygen atoms in total. The van der Waals surface area contributed by atoms with Gasteiger partial charge in [-0.15, -0.1) is 0 Å². The van der Waals surface area contributed by atoms with Gasteiger partial charge in [-0.2, -0.15) is 0 Å². The highest BCUT2D eigenvalue weighted by molar-refractivity contribution is 4.84. The van der Waals surface area contributed by atoms with Crippen LogP contribution in [-0.4, -0.2) is 4.98 Å². The monoisotopic (exact) mass is 129 g/mol. The summed E-state index contributed by atoms with van der Waals surface area (Å²) in [5.41, 5.74) is 0. The molecular weight excluding hydrogens is 121 g/mol. The Kier molecular flexibility index (Phi) is 1.82. The van der Waals surface area contributed by atoms with Crippen LogP contribution in [0.5, 0.6) is 0 Å². The molecule has 9 heavy (non-hydrogen) atoms. The summed E-state index contributed by atoms with van der Waals surface area (Å²) in [6.45, 7) is 1.74. The van der Waals surface area contributed by atoms with Gasteiger partial charge in [0.1, 0.15) is 6.26 Å². The Hall–Kier alpha value is -0.860. The highest BCUT2D eigenvalue weighted by atomic mass is 19.1. The van der Waals surface area contributed by atoms with Crippen molar-refractivity contribution in [3.05, 3.63) is 18.4 Å². The minimum Gasteiger partial charge on any atom is -0.446 e. The van der Waals surface area contributed by atoms with Crippen LogP contribution in [0.15, 0.2) is 16.9 Å². The fourth-order valence-corrected chi connectivity index (χ4v) is 0.564. The van der Waals surface area contributed by atoms with Crippen LogP contribution in [0.2, 0.25) is 0 Å². The third-order valence-electron chi connectivity index (χ3n) is 1.08. The molecule has 0 saturated carbocycles. The van der Waals surface area contributed by atoms with Gasteiger partial charge < -0.3 is 4.42 Å². The Morgan fingerprint density at radius 3 is 3.11 bits per heavy atom. The van der Waals surface area contributed by atoms with Gasteiger partial charge in [-0.25, -0.2) is 9.37 Å². The smallest absolute Gasteiger partial charge is 0.228 e. The molecule has 0 bridgehead atoms. The molecule has 0 fully saturated rings. The Morgan fingerprint density at radius 1 is 1.89 bits per heavy atom. The molecule has 50 valence electrons. The van der Waals surface area contributed by atoms with Crippen LogP contribution >= 0.6 is 0 Å². The minimum atomic E-state index is -1.04. The summed E-state index contributed by atoms with van der Waals surface area (Å²) in [6.07, 6.45) is 2.19. The summed E-state index contributed by atoms with van der Waals surface area (Å²) in [5, 5.41) is 0. The molecule has 0 aliphatic rings. The summed E-state index contributed by atoms with van der Waals surface area (Å²) in [6, 6.07) is 0. The van der Waals surface area contributed by atoms with Gasteiger partial charge >= 0.3 is 0 Å². The Balaban J connectivity index is 2.65. The lowest BCUT2D eigenvalue weighted by Gasteiger charge is -1.95. The van der Waals surface area contributed by atoms with Crippen molar-refractivity contribution < 1.29 is 8.81 Å². The Morgan fingerprint density at radius 2 is 2.67 bits per heavy atom. The Labute approximate surface area is 52.7 Å². The number of oxazole rings is 1. The van der Waals surface area contributed by atoms with E-state index in [1.54, 1.807) is 6.92 Å². The quantitative estimate of drug-likeness (QED) is 0.611. The summed E-state index contributed by atoms with van der Waals surface area (Å²) in [4.78, 5) is 3.65. The molecule has 0 radical (unpaired) electrons. The largest absolute Gasteiger partial charge is 0.446 e. The topological polar surface area (TPSA) is 26.0 Å². The van der Waals surface area contributed by atoms with Gasteiger partial charge in [0.15, 0.2) is 6.17 Å². The van der Waals surface area contributed by atoms with E-state index in [9.17, 15) is 4.39 Å². The van der Waals surface area contributed by atoms with Crippen molar-refractivity contribution in [3.8, 4) is 0 Å². The number of rotatable bonds is 2. The molecule has 0 aliphatic heterocycles. The fourth-order valence-electron chi connectivity index (χ4n) is 0.564. The second-order valence-corrected chi connectivity index (χ2v) is 1.75. The lowest BCUT2D eigenvalue weighted by atomic mass is 10.3. The third-order valence-corrected chi connectivity index (χ3v) is 1.08. The number of hydrogen-bond acceptors (Lipinski definition) is 2. The van der Waals surface area contributed by atoms with E-state index in [0.717, 1.165) is 0 Å². The van der Waals surface area contributed by atoms with Gasteiger partial charge in [-0.1, -0.05) is 6.92 Å². The van der Waals surface area contributed by atoms with Crippen molar-refractivity contribution in [1.29, 1.82) is 0 Å². The summed E-state index contributed by atoms with van der Waals surface area (Å²) >= 11 is 0. The van der Waals surface area contributed by atoms with E-state index in [4.69, 9.17) is 4.42 Å². The first kappa shape index (κ1) is 6.26. The molecule has 1 aromatic rings. The van der Waals surface area contributed by atoms with Crippen molar-refractivity contribution in [2.75, 3.05) is 0 Å². The first-order valence-corrected chi connectivity index (χ1v) is 2.88. The molecule has 0 saturated heterocycles. The average Bonchev–Trinajstić information content (AvgIpc) is 2.37.